The average molecular weight is 366 g/mol. The number of benzene rings is 3. The molecule has 1 fully saturated rings. The molecule has 0 saturated heterocycles. The van der Waals surface area contributed by atoms with E-state index in [1.54, 1.807) is 5.57 Å². The van der Waals surface area contributed by atoms with Gasteiger partial charge in [0.1, 0.15) is 0 Å². The molecule has 3 aromatic carbocycles. The van der Waals surface area contributed by atoms with Crippen LogP contribution in [0.4, 0.5) is 0 Å². The van der Waals surface area contributed by atoms with Crippen molar-refractivity contribution in [3.8, 4) is 0 Å². The molecule has 1 unspecified atom stereocenters. The van der Waals surface area contributed by atoms with Crippen LogP contribution in [0, 0.1) is 0 Å². The lowest BCUT2D eigenvalue weighted by Crippen LogP contribution is -2.07. The van der Waals surface area contributed by atoms with E-state index in [0.29, 0.717) is 0 Å². The Bertz CT molecular complexity index is 874. The first-order valence-corrected chi connectivity index (χ1v) is 10.3. The summed E-state index contributed by atoms with van der Waals surface area (Å²) in [5.41, 5.74) is 6.20. The molecule has 0 aromatic heterocycles. The molecular weight excluding hydrogens is 338 g/mol. The SMILES string of the molecule is C(=C1CCCCC1)C(N=C(c1ccccc1)c1ccccc1)c1ccccc1. The summed E-state index contributed by atoms with van der Waals surface area (Å²) in [5, 5.41) is 0. The van der Waals surface area contributed by atoms with E-state index in [0.717, 1.165) is 16.8 Å². The lowest BCUT2D eigenvalue weighted by molar-refractivity contribution is 0.594. The van der Waals surface area contributed by atoms with E-state index in [1.165, 1.54) is 37.7 Å². The Morgan fingerprint density at radius 2 is 1.14 bits per heavy atom. The van der Waals surface area contributed by atoms with Gasteiger partial charge in [0, 0.05) is 11.1 Å². The molecule has 1 nitrogen and oxygen atoms in total. The minimum absolute atomic E-state index is 0.0460. The zero-order chi connectivity index (χ0) is 19.0. The fraction of sp³-hybridized carbons (Fsp3) is 0.222. The quantitative estimate of drug-likeness (QED) is 0.336. The van der Waals surface area contributed by atoms with E-state index >= 15 is 0 Å². The van der Waals surface area contributed by atoms with E-state index in [1.807, 2.05) is 0 Å². The Hall–Kier alpha value is -2.93. The van der Waals surface area contributed by atoms with Crippen LogP contribution in [0.15, 0.2) is 108 Å². The van der Waals surface area contributed by atoms with Gasteiger partial charge in [-0.05, 0) is 31.2 Å². The van der Waals surface area contributed by atoms with E-state index in [9.17, 15) is 0 Å². The van der Waals surface area contributed by atoms with Crippen LogP contribution in [-0.2, 0) is 0 Å². The van der Waals surface area contributed by atoms with Gasteiger partial charge in [0.05, 0.1) is 11.8 Å². The monoisotopic (exact) mass is 365 g/mol. The van der Waals surface area contributed by atoms with Crippen molar-refractivity contribution in [1.29, 1.82) is 0 Å². The number of aliphatic imine (C=N–C) groups is 1. The highest BCUT2D eigenvalue weighted by Gasteiger charge is 2.14. The summed E-state index contributed by atoms with van der Waals surface area (Å²) in [6.45, 7) is 0. The average Bonchev–Trinajstić information content (AvgIpc) is 2.79. The van der Waals surface area contributed by atoms with Crippen molar-refractivity contribution in [2.24, 2.45) is 4.99 Å². The Morgan fingerprint density at radius 1 is 0.643 bits per heavy atom. The molecule has 1 aliphatic carbocycles. The highest BCUT2D eigenvalue weighted by Crippen LogP contribution is 2.29. The second-order valence-corrected chi connectivity index (χ2v) is 7.45. The van der Waals surface area contributed by atoms with Crippen LogP contribution in [0.2, 0.25) is 0 Å². The van der Waals surface area contributed by atoms with Gasteiger partial charge < -0.3 is 0 Å². The van der Waals surface area contributed by atoms with Gasteiger partial charge in [-0.1, -0.05) is 109 Å². The zero-order valence-electron chi connectivity index (χ0n) is 16.3. The molecule has 0 radical (unpaired) electrons. The predicted octanol–water partition coefficient (Wildman–Crippen LogP) is 7.16. The molecule has 28 heavy (non-hydrogen) atoms. The minimum Gasteiger partial charge on any atom is -0.272 e. The van der Waals surface area contributed by atoms with Gasteiger partial charge in [-0.3, -0.25) is 4.99 Å². The third-order valence-electron chi connectivity index (χ3n) is 5.39. The Balaban J connectivity index is 1.81. The van der Waals surface area contributed by atoms with Crippen LogP contribution in [-0.4, -0.2) is 5.71 Å². The van der Waals surface area contributed by atoms with Crippen molar-refractivity contribution in [3.63, 3.8) is 0 Å². The summed E-state index contributed by atoms with van der Waals surface area (Å²) < 4.78 is 0. The van der Waals surface area contributed by atoms with Crippen molar-refractivity contribution < 1.29 is 0 Å². The van der Waals surface area contributed by atoms with E-state index in [-0.39, 0.29) is 6.04 Å². The summed E-state index contributed by atoms with van der Waals surface area (Å²) in [6.07, 6.45) is 8.81. The topological polar surface area (TPSA) is 12.4 Å². The fourth-order valence-corrected chi connectivity index (χ4v) is 3.90. The molecular formula is C27H27N. The fourth-order valence-electron chi connectivity index (χ4n) is 3.90. The molecule has 0 bridgehead atoms. The number of hydrogen-bond donors (Lipinski definition) is 0. The smallest absolute Gasteiger partial charge is 0.0940 e. The van der Waals surface area contributed by atoms with Gasteiger partial charge in [0.2, 0.25) is 0 Å². The first-order chi connectivity index (χ1) is 13.9. The summed E-state index contributed by atoms with van der Waals surface area (Å²) in [7, 11) is 0. The van der Waals surface area contributed by atoms with Crippen LogP contribution in [0.25, 0.3) is 0 Å². The summed E-state index contributed by atoms with van der Waals surface area (Å²) in [4.78, 5) is 5.32. The number of hydrogen-bond acceptors (Lipinski definition) is 1. The van der Waals surface area contributed by atoms with Gasteiger partial charge in [-0.15, -0.1) is 0 Å². The highest BCUT2D eigenvalue weighted by molar-refractivity contribution is 6.13. The van der Waals surface area contributed by atoms with Crippen LogP contribution >= 0.6 is 0 Å². The predicted molar refractivity (Wildman–Crippen MR) is 119 cm³/mol. The van der Waals surface area contributed by atoms with Gasteiger partial charge in [0.15, 0.2) is 0 Å². The molecule has 0 aliphatic heterocycles. The largest absolute Gasteiger partial charge is 0.272 e. The third kappa shape index (κ3) is 4.67. The Labute approximate surface area is 168 Å². The molecule has 1 saturated carbocycles. The van der Waals surface area contributed by atoms with Crippen molar-refractivity contribution in [3.05, 3.63) is 119 Å². The summed E-state index contributed by atoms with van der Waals surface area (Å²) in [5.74, 6) is 0. The standard InChI is InChI=1S/C27H27N/c1-5-13-22(14-6-1)21-26(23-15-7-2-8-16-23)28-27(24-17-9-3-10-18-24)25-19-11-4-12-20-25/h2-4,7-12,15-21,26H,1,5-6,13-14H2. The lowest BCUT2D eigenvalue weighted by Gasteiger charge is -2.18. The van der Waals surface area contributed by atoms with Gasteiger partial charge in [-0.2, -0.15) is 0 Å². The second-order valence-electron chi connectivity index (χ2n) is 7.45. The first kappa shape index (κ1) is 18.4. The van der Waals surface area contributed by atoms with E-state index in [4.69, 9.17) is 4.99 Å². The lowest BCUT2D eigenvalue weighted by atomic mass is 9.92. The Kier molecular flexibility index (Phi) is 6.14. The molecule has 140 valence electrons. The summed E-state index contributed by atoms with van der Waals surface area (Å²) in [6, 6.07) is 31.8. The molecule has 0 spiro atoms. The maximum atomic E-state index is 5.32. The molecule has 1 heteroatoms. The molecule has 4 rings (SSSR count). The van der Waals surface area contributed by atoms with Crippen molar-refractivity contribution >= 4 is 5.71 Å². The molecule has 1 aliphatic rings. The van der Waals surface area contributed by atoms with Crippen LogP contribution in [0.1, 0.15) is 54.8 Å². The molecule has 0 heterocycles. The summed E-state index contributed by atoms with van der Waals surface area (Å²) >= 11 is 0. The molecule has 0 amide bonds. The minimum atomic E-state index is 0.0460. The normalized spacial score (nSPS) is 14.9. The van der Waals surface area contributed by atoms with Gasteiger partial charge in [-0.25, -0.2) is 0 Å². The van der Waals surface area contributed by atoms with Crippen LogP contribution in [0.3, 0.4) is 0 Å². The van der Waals surface area contributed by atoms with Gasteiger partial charge in [0.25, 0.3) is 0 Å². The Morgan fingerprint density at radius 3 is 1.68 bits per heavy atom. The molecule has 0 N–H and O–H groups in total. The van der Waals surface area contributed by atoms with Crippen molar-refractivity contribution in [2.75, 3.05) is 0 Å². The second kappa shape index (κ2) is 9.32. The van der Waals surface area contributed by atoms with E-state index in [2.05, 4.69) is 97.1 Å². The number of nitrogens with zero attached hydrogens (tertiary/aromatic N) is 1. The zero-order valence-corrected chi connectivity index (χ0v) is 16.3. The first-order valence-electron chi connectivity index (χ1n) is 10.3. The number of allylic oxidation sites excluding steroid dienone is 1. The van der Waals surface area contributed by atoms with Crippen LogP contribution < -0.4 is 0 Å². The molecule has 3 aromatic rings. The third-order valence-corrected chi connectivity index (χ3v) is 5.39. The van der Waals surface area contributed by atoms with Crippen LogP contribution in [0.5, 0.6) is 0 Å². The molecule has 1 atom stereocenters. The maximum Gasteiger partial charge on any atom is 0.0940 e. The van der Waals surface area contributed by atoms with E-state index < -0.39 is 0 Å². The van der Waals surface area contributed by atoms with Crippen molar-refractivity contribution in [1.82, 2.24) is 0 Å². The highest BCUT2D eigenvalue weighted by atomic mass is 14.8. The van der Waals surface area contributed by atoms with Gasteiger partial charge >= 0.3 is 0 Å². The van der Waals surface area contributed by atoms with Crippen molar-refractivity contribution in [2.45, 2.75) is 38.1 Å². The maximum absolute atomic E-state index is 5.32. The number of rotatable bonds is 5.